The summed E-state index contributed by atoms with van der Waals surface area (Å²) in [7, 11) is 0. The van der Waals surface area contributed by atoms with Crippen LogP contribution >= 0.6 is 11.3 Å². The van der Waals surface area contributed by atoms with Crippen LogP contribution in [0.1, 0.15) is 36.4 Å². The van der Waals surface area contributed by atoms with Gasteiger partial charge in [-0.05, 0) is 32.1 Å². The van der Waals surface area contributed by atoms with Crippen LogP contribution in [0.2, 0.25) is 0 Å². The van der Waals surface area contributed by atoms with Gasteiger partial charge in [0.05, 0.1) is 23.4 Å². The molecule has 1 aromatic heterocycles. The minimum absolute atomic E-state index is 0.212. The van der Waals surface area contributed by atoms with E-state index >= 15 is 0 Å². The molecule has 3 fully saturated rings. The summed E-state index contributed by atoms with van der Waals surface area (Å²) in [6.07, 6.45) is 4.52. The topological polar surface area (TPSA) is 45.7 Å². The van der Waals surface area contributed by atoms with Crippen molar-refractivity contribution in [3.63, 3.8) is 0 Å². The number of aryl methyl sites for hydroxylation is 1. The molecule has 4 rings (SSSR count). The SMILES string of the molecule is Cc1nc(CN2CCO[C@@H]3CN(C(=O)CC4CC4)CC[C@@H]3C2)cs1. The van der Waals surface area contributed by atoms with E-state index in [2.05, 4.69) is 27.1 Å². The zero-order chi connectivity index (χ0) is 16.5. The van der Waals surface area contributed by atoms with Gasteiger partial charge >= 0.3 is 0 Å². The van der Waals surface area contributed by atoms with Crippen LogP contribution in [-0.4, -0.2) is 59.6 Å². The number of rotatable bonds is 4. The van der Waals surface area contributed by atoms with E-state index in [4.69, 9.17) is 4.74 Å². The van der Waals surface area contributed by atoms with Crippen LogP contribution < -0.4 is 0 Å². The Bertz CT molecular complexity index is 587. The zero-order valence-electron chi connectivity index (χ0n) is 14.4. The fourth-order valence-electron chi connectivity index (χ4n) is 3.90. The van der Waals surface area contributed by atoms with Gasteiger partial charge in [-0.3, -0.25) is 9.69 Å². The quantitative estimate of drug-likeness (QED) is 0.837. The molecule has 0 spiro atoms. The Kier molecular flexibility index (Phi) is 4.88. The van der Waals surface area contributed by atoms with Gasteiger partial charge in [-0.1, -0.05) is 0 Å². The summed E-state index contributed by atoms with van der Waals surface area (Å²) in [5.74, 6) is 1.55. The molecule has 1 saturated carbocycles. The standard InChI is InChI=1S/C18H27N3O2S/c1-13-19-16(12-24-13)10-20-6-7-23-17-11-21(5-4-15(17)9-20)18(22)8-14-2-3-14/h12,14-15,17H,2-11H2,1H3/t15-,17-/m1/s1. The van der Waals surface area contributed by atoms with E-state index in [1.165, 1.54) is 18.5 Å². The summed E-state index contributed by atoms with van der Waals surface area (Å²) in [6.45, 7) is 7.45. The highest BCUT2D eigenvalue weighted by molar-refractivity contribution is 7.09. The number of aromatic nitrogens is 1. The van der Waals surface area contributed by atoms with Crippen LogP contribution in [-0.2, 0) is 16.1 Å². The molecular weight excluding hydrogens is 322 g/mol. The largest absolute Gasteiger partial charge is 0.375 e. The summed E-state index contributed by atoms with van der Waals surface area (Å²) in [6, 6.07) is 0. The molecule has 1 aliphatic carbocycles. The molecular formula is C18H27N3O2S. The summed E-state index contributed by atoms with van der Waals surface area (Å²) in [5, 5.41) is 3.30. The Hall–Kier alpha value is -0.980. The fraction of sp³-hybridized carbons (Fsp3) is 0.778. The molecule has 3 aliphatic rings. The summed E-state index contributed by atoms with van der Waals surface area (Å²) in [5.41, 5.74) is 1.17. The summed E-state index contributed by atoms with van der Waals surface area (Å²) in [4.78, 5) is 21.5. The van der Waals surface area contributed by atoms with Gasteiger partial charge in [0, 0.05) is 50.4 Å². The lowest BCUT2D eigenvalue weighted by Crippen LogP contribution is -2.49. The number of nitrogens with zero attached hydrogens (tertiary/aromatic N) is 3. The smallest absolute Gasteiger partial charge is 0.222 e. The number of piperidine rings is 1. The van der Waals surface area contributed by atoms with Crippen molar-refractivity contribution >= 4 is 17.2 Å². The number of ether oxygens (including phenoxy) is 1. The first-order chi connectivity index (χ1) is 11.7. The van der Waals surface area contributed by atoms with Gasteiger partial charge in [0.2, 0.25) is 5.91 Å². The van der Waals surface area contributed by atoms with Crippen molar-refractivity contribution in [1.29, 1.82) is 0 Å². The number of carbonyl (C=O) groups excluding carboxylic acids is 1. The van der Waals surface area contributed by atoms with Crippen LogP contribution in [0.3, 0.4) is 0 Å². The lowest BCUT2D eigenvalue weighted by atomic mass is 9.93. The number of hydrogen-bond acceptors (Lipinski definition) is 5. The molecule has 1 aromatic rings. The molecule has 0 radical (unpaired) electrons. The maximum atomic E-state index is 12.4. The van der Waals surface area contributed by atoms with E-state index < -0.39 is 0 Å². The van der Waals surface area contributed by atoms with E-state index in [-0.39, 0.29) is 6.10 Å². The van der Waals surface area contributed by atoms with Crippen LogP contribution in [0.15, 0.2) is 5.38 Å². The predicted octanol–water partition coefficient (Wildman–Crippen LogP) is 2.30. The van der Waals surface area contributed by atoms with E-state index in [0.29, 0.717) is 17.7 Å². The van der Waals surface area contributed by atoms with Crippen LogP contribution in [0, 0.1) is 18.8 Å². The van der Waals surface area contributed by atoms with Crippen LogP contribution in [0.25, 0.3) is 0 Å². The molecule has 2 saturated heterocycles. The number of hydrogen-bond donors (Lipinski definition) is 0. The van der Waals surface area contributed by atoms with Gasteiger partial charge in [0.15, 0.2) is 0 Å². The molecule has 2 aliphatic heterocycles. The first-order valence-electron chi connectivity index (χ1n) is 9.20. The van der Waals surface area contributed by atoms with Crippen molar-refractivity contribution in [3.05, 3.63) is 16.1 Å². The monoisotopic (exact) mass is 349 g/mol. The van der Waals surface area contributed by atoms with Gasteiger partial charge < -0.3 is 9.64 Å². The Labute approximate surface area is 148 Å². The van der Waals surface area contributed by atoms with E-state index in [9.17, 15) is 4.79 Å². The van der Waals surface area contributed by atoms with Crippen molar-refractivity contribution in [2.75, 3.05) is 32.8 Å². The van der Waals surface area contributed by atoms with Crippen LogP contribution in [0.5, 0.6) is 0 Å². The van der Waals surface area contributed by atoms with Gasteiger partial charge in [-0.2, -0.15) is 0 Å². The maximum absolute atomic E-state index is 12.4. The number of carbonyl (C=O) groups is 1. The minimum Gasteiger partial charge on any atom is -0.375 e. The van der Waals surface area contributed by atoms with Crippen molar-refractivity contribution in [2.45, 2.75) is 45.3 Å². The molecule has 0 N–H and O–H groups in total. The van der Waals surface area contributed by atoms with Gasteiger partial charge in [0.25, 0.3) is 0 Å². The highest BCUT2D eigenvalue weighted by atomic mass is 32.1. The molecule has 6 heteroatoms. The molecule has 24 heavy (non-hydrogen) atoms. The summed E-state index contributed by atoms with van der Waals surface area (Å²) < 4.78 is 6.13. The maximum Gasteiger partial charge on any atom is 0.222 e. The number of likely N-dealkylation sites (tertiary alicyclic amines) is 1. The third-order valence-electron chi connectivity index (χ3n) is 5.49. The Morgan fingerprint density at radius 2 is 2.21 bits per heavy atom. The molecule has 3 heterocycles. The summed E-state index contributed by atoms with van der Waals surface area (Å²) >= 11 is 1.72. The number of fused-ring (bicyclic) bond motifs is 1. The second-order valence-corrected chi connectivity index (χ2v) is 8.60. The predicted molar refractivity (Wildman–Crippen MR) is 93.9 cm³/mol. The highest BCUT2D eigenvalue weighted by Gasteiger charge is 2.36. The van der Waals surface area contributed by atoms with Crippen molar-refractivity contribution in [1.82, 2.24) is 14.8 Å². The second kappa shape index (κ2) is 7.10. The lowest BCUT2D eigenvalue weighted by molar-refractivity contribution is -0.137. The Balaban J connectivity index is 1.33. The Morgan fingerprint density at radius 3 is 2.96 bits per heavy atom. The first kappa shape index (κ1) is 16.5. The van der Waals surface area contributed by atoms with Crippen molar-refractivity contribution in [3.8, 4) is 0 Å². The molecule has 0 bridgehead atoms. The molecule has 1 amide bonds. The number of amides is 1. The average molecular weight is 350 g/mol. The third-order valence-corrected chi connectivity index (χ3v) is 6.32. The second-order valence-electron chi connectivity index (χ2n) is 7.54. The number of thiazole rings is 1. The average Bonchev–Trinajstić information content (AvgIpc) is 3.31. The third kappa shape index (κ3) is 3.98. The van der Waals surface area contributed by atoms with E-state index in [1.807, 2.05) is 0 Å². The van der Waals surface area contributed by atoms with E-state index in [1.54, 1.807) is 11.3 Å². The molecule has 5 nitrogen and oxygen atoms in total. The van der Waals surface area contributed by atoms with Crippen molar-refractivity contribution < 1.29 is 9.53 Å². The van der Waals surface area contributed by atoms with Gasteiger partial charge in [0.1, 0.15) is 0 Å². The van der Waals surface area contributed by atoms with E-state index in [0.717, 1.165) is 57.2 Å². The molecule has 2 atom stereocenters. The van der Waals surface area contributed by atoms with Gasteiger partial charge in [-0.25, -0.2) is 4.98 Å². The molecule has 0 unspecified atom stereocenters. The molecule has 132 valence electrons. The van der Waals surface area contributed by atoms with Crippen LogP contribution in [0.4, 0.5) is 0 Å². The lowest BCUT2D eigenvalue weighted by Gasteiger charge is -2.38. The highest BCUT2D eigenvalue weighted by Crippen LogP contribution is 2.34. The normalized spacial score (nSPS) is 28.5. The van der Waals surface area contributed by atoms with Crippen molar-refractivity contribution in [2.24, 2.45) is 11.8 Å². The fourth-order valence-corrected chi connectivity index (χ4v) is 4.50. The Morgan fingerprint density at radius 1 is 1.33 bits per heavy atom. The van der Waals surface area contributed by atoms with Gasteiger partial charge in [-0.15, -0.1) is 11.3 Å². The molecule has 0 aromatic carbocycles. The first-order valence-corrected chi connectivity index (χ1v) is 10.1. The minimum atomic E-state index is 0.212. The zero-order valence-corrected chi connectivity index (χ0v) is 15.3.